The van der Waals surface area contributed by atoms with Gasteiger partial charge >= 0.3 is 0 Å². The second-order valence-corrected chi connectivity index (χ2v) is 4.07. The highest BCUT2D eigenvalue weighted by atomic mass is 16.1. The van der Waals surface area contributed by atoms with Gasteiger partial charge < -0.3 is 0 Å². The number of aliphatic imine (C=N–C) groups is 2. The Labute approximate surface area is 89.5 Å². The molecule has 0 amide bonds. The third kappa shape index (κ3) is 4.68. The van der Waals surface area contributed by atoms with Gasteiger partial charge in [0, 0.05) is 0 Å². The van der Waals surface area contributed by atoms with Gasteiger partial charge in [-0.25, -0.2) is 19.6 Å². The van der Waals surface area contributed by atoms with Gasteiger partial charge in [-0.15, -0.1) is 0 Å². The normalized spacial score (nSPS) is 25.9. The summed E-state index contributed by atoms with van der Waals surface area (Å²) < 4.78 is 0. The molecule has 0 saturated heterocycles. The van der Waals surface area contributed by atoms with E-state index in [9.17, 15) is 9.59 Å². The number of isocyanates is 2. The molecule has 4 heteroatoms. The summed E-state index contributed by atoms with van der Waals surface area (Å²) in [6.07, 6.45) is 10.4. The van der Waals surface area contributed by atoms with E-state index in [4.69, 9.17) is 0 Å². The van der Waals surface area contributed by atoms with E-state index in [1.54, 1.807) is 32.1 Å². The lowest BCUT2D eigenvalue weighted by molar-refractivity contribution is 0.480. The van der Waals surface area contributed by atoms with Crippen molar-refractivity contribution < 1.29 is 9.59 Å². The molecule has 82 valence electrons. The monoisotopic (exact) mass is 208 g/mol. The van der Waals surface area contributed by atoms with Gasteiger partial charge in [-0.2, -0.15) is 0 Å². The number of fused-ring (bicyclic) bond motifs is 2. The van der Waals surface area contributed by atoms with Crippen molar-refractivity contribution in [3.8, 4) is 0 Å². The van der Waals surface area contributed by atoms with Crippen molar-refractivity contribution in [3.05, 3.63) is 0 Å². The first-order chi connectivity index (χ1) is 7.36. The smallest absolute Gasteiger partial charge is 0.211 e. The first-order valence-corrected chi connectivity index (χ1v) is 5.44. The van der Waals surface area contributed by atoms with Crippen LogP contribution in [0.5, 0.6) is 0 Å². The molecule has 0 aromatic rings. The van der Waals surface area contributed by atoms with Crippen LogP contribution in [0.15, 0.2) is 9.98 Å². The molecule has 4 nitrogen and oxygen atoms in total. The minimum absolute atomic E-state index is 0.221. The molecular formula is C11H16N2O2. The van der Waals surface area contributed by atoms with E-state index in [1.165, 1.54) is 24.0 Å². The van der Waals surface area contributed by atoms with E-state index < -0.39 is 0 Å². The Balaban J connectivity index is 0.000000150. The summed E-state index contributed by atoms with van der Waals surface area (Å²) in [4.78, 5) is 24.9. The molecule has 0 N–H and O–H groups in total. The third-order valence-corrected chi connectivity index (χ3v) is 3.09. The van der Waals surface area contributed by atoms with Crippen molar-refractivity contribution >= 4 is 12.2 Å². The van der Waals surface area contributed by atoms with E-state index in [0.29, 0.717) is 0 Å². The predicted octanol–water partition coefficient (Wildman–Crippen LogP) is 1.85. The van der Waals surface area contributed by atoms with E-state index in [-0.39, 0.29) is 13.1 Å². The zero-order valence-corrected chi connectivity index (χ0v) is 8.82. The third-order valence-electron chi connectivity index (χ3n) is 3.09. The summed E-state index contributed by atoms with van der Waals surface area (Å²) in [5, 5.41) is 0. The van der Waals surface area contributed by atoms with Gasteiger partial charge in [-0.05, 0) is 18.3 Å². The van der Waals surface area contributed by atoms with Crippen molar-refractivity contribution in [2.24, 2.45) is 21.8 Å². The summed E-state index contributed by atoms with van der Waals surface area (Å²) >= 11 is 0. The van der Waals surface area contributed by atoms with Gasteiger partial charge in [0.1, 0.15) is 0 Å². The highest BCUT2D eigenvalue weighted by molar-refractivity contribution is 5.34. The first-order valence-electron chi connectivity index (χ1n) is 5.44. The molecule has 2 aliphatic carbocycles. The maximum atomic E-state index is 9.34. The molecule has 0 aliphatic heterocycles. The van der Waals surface area contributed by atoms with Crippen LogP contribution in [0.2, 0.25) is 0 Å². The maximum absolute atomic E-state index is 9.34. The molecule has 0 atom stereocenters. The van der Waals surface area contributed by atoms with Crippen LogP contribution in [0.25, 0.3) is 0 Å². The van der Waals surface area contributed by atoms with Gasteiger partial charge in [0.2, 0.25) is 12.2 Å². The maximum Gasteiger partial charge on any atom is 0.235 e. The SMILES string of the molecule is C1CC2CCC1C2.O=C=NCCN=C=O. The summed E-state index contributed by atoms with van der Waals surface area (Å²) in [5.41, 5.74) is 0. The summed E-state index contributed by atoms with van der Waals surface area (Å²) in [7, 11) is 0. The lowest BCUT2D eigenvalue weighted by Gasteiger charge is -2.05. The summed E-state index contributed by atoms with van der Waals surface area (Å²) in [6.45, 7) is 0.442. The van der Waals surface area contributed by atoms with Crippen molar-refractivity contribution in [3.63, 3.8) is 0 Å². The quantitative estimate of drug-likeness (QED) is 0.403. The molecular weight excluding hydrogens is 192 g/mol. The van der Waals surface area contributed by atoms with Crippen LogP contribution >= 0.6 is 0 Å². The first kappa shape index (κ1) is 11.8. The number of hydrogen-bond acceptors (Lipinski definition) is 4. The Morgan fingerprint density at radius 3 is 1.47 bits per heavy atom. The molecule has 0 unspecified atom stereocenters. The van der Waals surface area contributed by atoms with Crippen molar-refractivity contribution in [1.82, 2.24) is 0 Å². The molecule has 0 aromatic heterocycles. The highest BCUT2D eigenvalue weighted by Gasteiger charge is 2.30. The van der Waals surface area contributed by atoms with Crippen LogP contribution < -0.4 is 0 Å². The second-order valence-electron chi connectivity index (χ2n) is 4.07. The minimum atomic E-state index is 0.221. The largest absolute Gasteiger partial charge is 0.235 e. The zero-order valence-electron chi connectivity index (χ0n) is 8.82. The number of carbonyl (C=O) groups excluding carboxylic acids is 2. The zero-order chi connectivity index (χ0) is 10.9. The fourth-order valence-corrected chi connectivity index (χ4v) is 2.37. The number of hydrogen-bond donors (Lipinski definition) is 0. The standard InChI is InChI=1S/C7H12.C4H4N2O2/c1-2-7-4-3-6(1)5-7;7-3-5-1-2-6-4-8/h6-7H,1-5H2;1-2H2. The van der Waals surface area contributed by atoms with Gasteiger partial charge in [0.15, 0.2) is 0 Å². The molecule has 2 saturated carbocycles. The van der Waals surface area contributed by atoms with Gasteiger partial charge in [-0.1, -0.05) is 25.7 Å². The van der Waals surface area contributed by atoms with Crippen molar-refractivity contribution in [1.29, 1.82) is 0 Å². The Kier molecular flexibility index (Phi) is 5.60. The number of nitrogens with zero attached hydrogens (tertiary/aromatic N) is 2. The summed E-state index contributed by atoms with van der Waals surface area (Å²) in [5.74, 6) is 2.34. The topological polar surface area (TPSA) is 58.9 Å². The summed E-state index contributed by atoms with van der Waals surface area (Å²) in [6, 6.07) is 0. The van der Waals surface area contributed by atoms with Gasteiger partial charge in [0.05, 0.1) is 13.1 Å². The molecule has 2 rings (SSSR count). The Morgan fingerprint density at radius 1 is 0.867 bits per heavy atom. The minimum Gasteiger partial charge on any atom is -0.211 e. The molecule has 0 heterocycles. The average molecular weight is 208 g/mol. The fraction of sp³-hybridized carbons (Fsp3) is 0.818. The number of rotatable bonds is 3. The molecule has 0 radical (unpaired) electrons. The molecule has 0 aromatic carbocycles. The lowest BCUT2D eigenvalue weighted by atomic mass is 10.0. The van der Waals surface area contributed by atoms with E-state index in [2.05, 4.69) is 9.98 Å². The second kappa shape index (κ2) is 7.10. The predicted molar refractivity (Wildman–Crippen MR) is 56.0 cm³/mol. The Bertz CT molecular complexity index is 242. The lowest BCUT2D eigenvalue weighted by Crippen LogP contribution is -1.90. The average Bonchev–Trinajstić information content (AvgIpc) is 2.89. The van der Waals surface area contributed by atoms with Crippen LogP contribution in [-0.2, 0) is 9.59 Å². The molecule has 0 spiro atoms. The molecule has 2 bridgehead atoms. The van der Waals surface area contributed by atoms with Crippen LogP contribution in [0.1, 0.15) is 32.1 Å². The Morgan fingerprint density at radius 2 is 1.27 bits per heavy atom. The van der Waals surface area contributed by atoms with Crippen LogP contribution in [0, 0.1) is 11.8 Å². The van der Waals surface area contributed by atoms with Crippen LogP contribution in [-0.4, -0.2) is 25.2 Å². The van der Waals surface area contributed by atoms with E-state index >= 15 is 0 Å². The Hall–Kier alpha value is -1.24. The fourth-order valence-electron chi connectivity index (χ4n) is 2.37. The highest BCUT2D eigenvalue weighted by Crippen LogP contribution is 2.43. The molecule has 15 heavy (non-hydrogen) atoms. The molecule has 2 aliphatic rings. The van der Waals surface area contributed by atoms with E-state index in [0.717, 1.165) is 0 Å². The van der Waals surface area contributed by atoms with Crippen molar-refractivity contribution in [2.75, 3.05) is 13.1 Å². The van der Waals surface area contributed by atoms with Crippen molar-refractivity contribution in [2.45, 2.75) is 32.1 Å². The van der Waals surface area contributed by atoms with Crippen LogP contribution in [0.4, 0.5) is 0 Å². The molecule has 2 fully saturated rings. The van der Waals surface area contributed by atoms with E-state index in [1.807, 2.05) is 0 Å². The van der Waals surface area contributed by atoms with Gasteiger partial charge in [0.25, 0.3) is 0 Å². The van der Waals surface area contributed by atoms with Crippen LogP contribution in [0.3, 0.4) is 0 Å². The van der Waals surface area contributed by atoms with Gasteiger partial charge in [-0.3, -0.25) is 0 Å².